The Morgan fingerprint density at radius 3 is 2.71 bits per heavy atom. The van der Waals surface area contributed by atoms with E-state index in [1.54, 1.807) is 0 Å². The van der Waals surface area contributed by atoms with Gasteiger partial charge in [-0.05, 0) is 16.8 Å². The Hall–Kier alpha value is -2.13. The fraction of sp³-hybridized carbons (Fsp3) is 0.0714. The number of aromatic amines is 1. The molecule has 0 fully saturated rings. The third-order valence-electron chi connectivity index (χ3n) is 2.92. The first-order valence-corrected chi connectivity index (χ1v) is 5.61. The van der Waals surface area contributed by atoms with Crippen molar-refractivity contribution in [2.45, 2.75) is 6.54 Å². The average Bonchev–Trinajstić information content (AvgIpc) is 2.87. The zero-order chi connectivity index (χ0) is 11.7. The minimum absolute atomic E-state index is 0.484. The van der Waals surface area contributed by atoms with Crippen molar-refractivity contribution in [1.29, 1.82) is 0 Å². The molecule has 3 heteroatoms. The predicted molar refractivity (Wildman–Crippen MR) is 69.4 cm³/mol. The number of H-pyrrole nitrogens is 1. The number of aromatic nitrogens is 2. The molecule has 0 saturated carbocycles. The van der Waals surface area contributed by atoms with E-state index in [1.807, 2.05) is 18.2 Å². The Morgan fingerprint density at radius 2 is 1.88 bits per heavy atom. The SMILES string of the molecule is NCc1cc(-c2cccc3ccccc23)n[nH]1. The van der Waals surface area contributed by atoms with Crippen LogP contribution in [0.25, 0.3) is 22.0 Å². The molecule has 0 radical (unpaired) electrons. The van der Waals surface area contributed by atoms with Gasteiger partial charge in [-0.2, -0.15) is 5.10 Å². The molecular formula is C14H13N3. The van der Waals surface area contributed by atoms with Crippen LogP contribution in [0, 0.1) is 0 Å². The summed E-state index contributed by atoms with van der Waals surface area (Å²) in [5.74, 6) is 0. The van der Waals surface area contributed by atoms with Crippen molar-refractivity contribution < 1.29 is 0 Å². The second-order valence-corrected chi connectivity index (χ2v) is 4.01. The summed E-state index contributed by atoms with van der Waals surface area (Å²) in [6, 6.07) is 16.5. The van der Waals surface area contributed by atoms with Crippen molar-refractivity contribution in [2.75, 3.05) is 0 Å². The molecule has 1 aromatic heterocycles. The summed E-state index contributed by atoms with van der Waals surface area (Å²) in [6.07, 6.45) is 0. The molecule has 0 aliphatic heterocycles. The lowest BCUT2D eigenvalue weighted by atomic mass is 10.0. The van der Waals surface area contributed by atoms with E-state index < -0.39 is 0 Å². The van der Waals surface area contributed by atoms with Gasteiger partial charge in [-0.15, -0.1) is 0 Å². The molecule has 0 amide bonds. The number of nitrogens with zero attached hydrogens (tertiary/aromatic N) is 1. The lowest BCUT2D eigenvalue weighted by Crippen LogP contribution is -1.95. The van der Waals surface area contributed by atoms with Crippen LogP contribution in [-0.4, -0.2) is 10.2 Å². The van der Waals surface area contributed by atoms with Gasteiger partial charge >= 0.3 is 0 Å². The van der Waals surface area contributed by atoms with E-state index in [0.29, 0.717) is 6.54 Å². The molecule has 2 aromatic carbocycles. The molecule has 3 rings (SSSR count). The van der Waals surface area contributed by atoms with E-state index in [-0.39, 0.29) is 0 Å². The standard InChI is InChI=1S/C14H13N3/c15-9-11-8-14(17-16-11)13-7-3-5-10-4-1-2-6-12(10)13/h1-8H,9,15H2,(H,16,17). The smallest absolute Gasteiger partial charge is 0.0930 e. The first kappa shape index (κ1) is 10.1. The van der Waals surface area contributed by atoms with Gasteiger partial charge in [0.05, 0.1) is 5.69 Å². The van der Waals surface area contributed by atoms with Crippen molar-refractivity contribution in [3.8, 4) is 11.3 Å². The summed E-state index contributed by atoms with van der Waals surface area (Å²) < 4.78 is 0. The first-order chi connectivity index (χ1) is 8.38. The Kier molecular flexibility index (Phi) is 2.38. The number of nitrogens with one attached hydrogen (secondary N) is 1. The van der Waals surface area contributed by atoms with Crippen LogP contribution in [-0.2, 0) is 6.54 Å². The maximum absolute atomic E-state index is 5.58. The van der Waals surface area contributed by atoms with Crippen LogP contribution in [0.3, 0.4) is 0 Å². The third-order valence-corrected chi connectivity index (χ3v) is 2.92. The van der Waals surface area contributed by atoms with Crippen LogP contribution in [0.2, 0.25) is 0 Å². The number of fused-ring (bicyclic) bond motifs is 1. The second kappa shape index (κ2) is 4.03. The van der Waals surface area contributed by atoms with Crippen LogP contribution >= 0.6 is 0 Å². The van der Waals surface area contributed by atoms with Gasteiger partial charge in [0.1, 0.15) is 0 Å². The summed E-state index contributed by atoms with van der Waals surface area (Å²) in [5, 5.41) is 9.68. The van der Waals surface area contributed by atoms with Gasteiger partial charge < -0.3 is 5.73 Å². The van der Waals surface area contributed by atoms with Gasteiger partial charge in [0.25, 0.3) is 0 Å². The fourth-order valence-electron chi connectivity index (χ4n) is 2.05. The normalized spacial score (nSPS) is 10.9. The maximum Gasteiger partial charge on any atom is 0.0930 e. The number of hydrogen-bond acceptors (Lipinski definition) is 2. The van der Waals surface area contributed by atoms with E-state index in [0.717, 1.165) is 17.0 Å². The highest BCUT2D eigenvalue weighted by Crippen LogP contribution is 2.27. The molecule has 17 heavy (non-hydrogen) atoms. The third kappa shape index (κ3) is 1.70. The summed E-state index contributed by atoms with van der Waals surface area (Å²) in [6.45, 7) is 0.484. The second-order valence-electron chi connectivity index (χ2n) is 4.01. The summed E-state index contributed by atoms with van der Waals surface area (Å²) in [4.78, 5) is 0. The maximum atomic E-state index is 5.58. The lowest BCUT2D eigenvalue weighted by molar-refractivity contribution is 0.949. The van der Waals surface area contributed by atoms with Crippen molar-refractivity contribution in [2.24, 2.45) is 5.73 Å². The van der Waals surface area contributed by atoms with E-state index in [4.69, 9.17) is 5.73 Å². The zero-order valence-corrected chi connectivity index (χ0v) is 9.35. The molecule has 0 spiro atoms. The van der Waals surface area contributed by atoms with Gasteiger partial charge in [0.15, 0.2) is 0 Å². The number of hydrogen-bond donors (Lipinski definition) is 2. The van der Waals surface area contributed by atoms with E-state index in [1.165, 1.54) is 10.8 Å². The largest absolute Gasteiger partial charge is 0.325 e. The number of rotatable bonds is 2. The molecule has 0 aliphatic rings. The van der Waals surface area contributed by atoms with Crippen molar-refractivity contribution >= 4 is 10.8 Å². The van der Waals surface area contributed by atoms with Gasteiger partial charge in [-0.25, -0.2) is 0 Å². The Morgan fingerprint density at radius 1 is 1.06 bits per heavy atom. The van der Waals surface area contributed by atoms with Gasteiger partial charge in [0.2, 0.25) is 0 Å². The molecule has 3 nitrogen and oxygen atoms in total. The van der Waals surface area contributed by atoms with E-state index in [2.05, 4.69) is 40.5 Å². The van der Waals surface area contributed by atoms with Crippen LogP contribution < -0.4 is 5.73 Å². The molecule has 3 N–H and O–H groups in total. The van der Waals surface area contributed by atoms with Crippen molar-refractivity contribution in [3.63, 3.8) is 0 Å². The highest BCUT2D eigenvalue weighted by atomic mass is 15.1. The molecule has 84 valence electrons. The van der Waals surface area contributed by atoms with Crippen LogP contribution in [0.4, 0.5) is 0 Å². The van der Waals surface area contributed by atoms with Gasteiger partial charge in [-0.1, -0.05) is 42.5 Å². The summed E-state index contributed by atoms with van der Waals surface area (Å²) in [7, 11) is 0. The quantitative estimate of drug-likeness (QED) is 0.701. The lowest BCUT2D eigenvalue weighted by Gasteiger charge is -2.02. The molecule has 0 unspecified atom stereocenters. The molecule has 0 saturated heterocycles. The van der Waals surface area contributed by atoms with Gasteiger partial charge in [0, 0.05) is 17.8 Å². The number of benzene rings is 2. The van der Waals surface area contributed by atoms with Crippen LogP contribution in [0.1, 0.15) is 5.69 Å². The minimum Gasteiger partial charge on any atom is -0.325 e. The molecule has 1 heterocycles. The molecule has 0 atom stereocenters. The topological polar surface area (TPSA) is 54.7 Å². The number of nitrogens with two attached hydrogens (primary N) is 1. The highest BCUT2D eigenvalue weighted by Gasteiger charge is 2.06. The zero-order valence-electron chi connectivity index (χ0n) is 9.35. The molecular weight excluding hydrogens is 210 g/mol. The van der Waals surface area contributed by atoms with E-state index in [9.17, 15) is 0 Å². The summed E-state index contributed by atoms with van der Waals surface area (Å²) in [5.41, 5.74) is 8.62. The first-order valence-electron chi connectivity index (χ1n) is 5.61. The fourth-order valence-corrected chi connectivity index (χ4v) is 2.05. The van der Waals surface area contributed by atoms with E-state index >= 15 is 0 Å². The molecule has 0 bridgehead atoms. The average molecular weight is 223 g/mol. The Labute approximate surface area is 99.3 Å². The van der Waals surface area contributed by atoms with Gasteiger partial charge in [-0.3, -0.25) is 5.10 Å². The Bertz CT molecular complexity index is 650. The monoisotopic (exact) mass is 223 g/mol. The van der Waals surface area contributed by atoms with Crippen LogP contribution in [0.15, 0.2) is 48.5 Å². The molecule has 0 aliphatic carbocycles. The summed E-state index contributed by atoms with van der Waals surface area (Å²) >= 11 is 0. The highest BCUT2D eigenvalue weighted by molar-refractivity contribution is 5.95. The predicted octanol–water partition coefficient (Wildman–Crippen LogP) is 2.69. The minimum atomic E-state index is 0.484. The van der Waals surface area contributed by atoms with Crippen LogP contribution in [0.5, 0.6) is 0 Å². The molecule has 3 aromatic rings. The van der Waals surface area contributed by atoms with Crippen molar-refractivity contribution in [1.82, 2.24) is 10.2 Å². The Balaban J connectivity index is 2.23. The van der Waals surface area contributed by atoms with Crippen molar-refractivity contribution in [3.05, 3.63) is 54.2 Å².